The minimum atomic E-state index is -0.319. The van der Waals surface area contributed by atoms with E-state index in [4.69, 9.17) is 4.74 Å². The molecule has 162 valence electrons. The third kappa shape index (κ3) is 4.94. The van der Waals surface area contributed by atoms with Gasteiger partial charge in [-0.2, -0.15) is 0 Å². The number of hydrogen-bond acceptors (Lipinski definition) is 3. The molecule has 0 unspecified atom stereocenters. The van der Waals surface area contributed by atoms with Crippen molar-refractivity contribution in [1.29, 1.82) is 0 Å². The maximum Gasteiger partial charge on any atom is 0.339 e. The number of carbonyl (C=O) groups is 2. The molecule has 3 rings (SSSR count). The van der Waals surface area contributed by atoms with Gasteiger partial charge in [0.2, 0.25) is 5.91 Å². The largest absolute Gasteiger partial charge is 0.462 e. The van der Waals surface area contributed by atoms with Gasteiger partial charge in [-0.15, -0.1) is 0 Å². The van der Waals surface area contributed by atoms with E-state index in [1.807, 2.05) is 43.3 Å². The van der Waals surface area contributed by atoms with Gasteiger partial charge in [0.05, 0.1) is 12.2 Å². The van der Waals surface area contributed by atoms with Gasteiger partial charge in [0.15, 0.2) is 0 Å². The molecule has 0 aliphatic heterocycles. The Balaban J connectivity index is 1.77. The molecule has 1 heterocycles. The lowest BCUT2D eigenvalue weighted by molar-refractivity contribution is -0.122. The van der Waals surface area contributed by atoms with Crippen molar-refractivity contribution in [3.05, 3.63) is 47.7 Å². The summed E-state index contributed by atoms with van der Waals surface area (Å²) in [6.45, 7) is 9.10. The van der Waals surface area contributed by atoms with E-state index in [1.54, 1.807) is 6.92 Å². The van der Waals surface area contributed by atoms with E-state index in [1.165, 1.54) is 12.8 Å². The number of aromatic nitrogens is 1. The Kier molecular flexibility index (Phi) is 7.35. The molecule has 0 radical (unpaired) electrons. The van der Waals surface area contributed by atoms with Gasteiger partial charge in [0, 0.05) is 30.4 Å². The van der Waals surface area contributed by atoms with Crippen molar-refractivity contribution < 1.29 is 14.3 Å². The van der Waals surface area contributed by atoms with E-state index in [0.29, 0.717) is 37.0 Å². The number of esters is 1. The fourth-order valence-corrected chi connectivity index (χ4v) is 4.47. The van der Waals surface area contributed by atoms with E-state index in [9.17, 15) is 9.59 Å². The number of ether oxygens (including phenoxy) is 1. The molecule has 1 aromatic carbocycles. The predicted molar refractivity (Wildman–Crippen MR) is 119 cm³/mol. The van der Waals surface area contributed by atoms with Crippen molar-refractivity contribution in [2.75, 3.05) is 6.61 Å². The molecule has 1 aromatic heterocycles. The lowest BCUT2D eigenvalue weighted by Gasteiger charge is -2.34. The number of nitrogens with zero attached hydrogens (tertiary/aromatic N) is 1. The van der Waals surface area contributed by atoms with Crippen LogP contribution in [-0.2, 0) is 16.1 Å². The lowest BCUT2D eigenvalue weighted by Crippen LogP contribution is -2.43. The van der Waals surface area contributed by atoms with E-state index >= 15 is 0 Å². The highest BCUT2D eigenvalue weighted by Crippen LogP contribution is 2.30. The van der Waals surface area contributed by atoms with Gasteiger partial charge < -0.3 is 14.6 Å². The smallest absolute Gasteiger partial charge is 0.339 e. The molecular weight excluding hydrogens is 376 g/mol. The second-order valence-electron chi connectivity index (χ2n) is 8.46. The molecule has 1 amide bonds. The minimum Gasteiger partial charge on any atom is -0.462 e. The van der Waals surface area contributed by atoms with Gasteiger partial charge in [-0.1, -0.05) is 57.0 Å². The average Bonchev–Trinajstić information content (AvgIpc) is 3.07. The molecule has 1 aliphatic carbocycles. The highest BCUT2D eigenvalue weighted by molar-refractivity contribution is 5.92. The SMILES string of the molecule is CCOC(=O)c1cc(-c2ccccc2)n(CCC(=O)N[C@@H]2CCC[C@@H](C)[C@H]2C)c1C. The van der Waals surface area contributed by atoms with Crippen molar-refractivity contribution in [3.8, 4) is 11.3 Å². The molecule has 5 heteroatoms. The van der Waals surface area contributed by atoms with Crippen LogP contribution in [-0.4, -0.2) is 29.1 Å². The topological polar surface area (TPSA) is 60.3 Å². The van der Waals surface area contributed by atoms with Crippen molar-refractivity contribution in [1.82, 2.24) is 9.88 Å². The number of hydrogen-bond donors (Lipinski definition) is 1. The number of nitrogens with one attached hydrogen (secondary N) is 1. The Morgan fingerprint density at radius 1 is 1.17 bits per heavy atom. The van der Waals surface area contributed by atoms with Crippen molar-refractivity contribution in [2.24, 2.45) is 11.8 Å². The summed E-state index contributed by atoms with van der Waals surface area (Å²) in [5, 5.41) is 3.25. The second-order valence-corrected chi connectivity index (χ2v) is 8.46. The Bertz CT molecular complexity index is 872. The third-order valence-electron chi connectivity index (χ3n) is 6.55. The summed E-state index contributed by atoms with van der Waals surface area (Å²) in [6.07, 6.45) is 3.86. The highest BCUT2D eigenvalue weighted by atomic mass is 16.5. The first-order valence-electron chi connectivity index (χ1n) is 11.1. The summed E-state index contributed by atoms with van der Waals surface area (Å²) < 4.78 is 7.29. The van der Waals surface area contributed by atoms with E-state index in [2.05, 4.69) is 23.7 Å². The first-order chi connectivity index (χ1) is 14.4. The normalized spacial score (nSPS) is 21.3. The monoisotopic (exact) mass is 410 g/mol. The van der Waals surface area contributed by atoms with Gasteiger partial charge in [0.25, 0.3) is 0 Å². The van der Waals surface area contributed by atoms with Gasteiger partial charge in [-0.05, 0) is 43.7 Å². The molecule has 0 saturated heterocycles. The van der Waals surface area contributed by atoms with Crippen LogP contribution in [0.3, 0.4) is 0 Å². The quantitative estimate of drug-likeness (QED) is 0.656. The molecule has 0 spiro atoms. The van der Waals surface area contributed by atoms with Crippen molar-refractivity contribution in [3.63, 3.8) is 0 Å². The third-order valence-corrected chi connectivity index (χ3v) is 6.55. The zero-order chi connectivity index (χ0) is 21.7. The summed E-state index contributed by atoms with van der Waals surface area (Å²) >= 11 is 0. The molecule has 1 N–H and O–H groups in total. The van der Waals surface area contributed by atoms with Gasteiger partial charge in [0.1, 0.15) is 0 Å². The molecule has 1 aliphatic rings. The fourth-order valence-electron chi connectivity index (χ4n) is 4.47. The van der Waals surface area contributed by atoms with Crippen LogP contribution in [0.25, 0.3) is 11.3 Å². The molecule has 2 aromatic rings. The molecule has 1 saturated carbocycles. The zero-order valence-electron chi connectivity index (χ0n) is 18.6. The first kappa shape index (κ1) is 22.1. The summed E-state index contributed by atoms with van der Waals surface area (Å²) in [4.78, 5) is 25.1. The Morgan fingerprint density at radius 3 is 2.60 bits per heavy atom. The minimum absolute atomic E-state index is 0.0748. The Morgan fingerprint density at radius 2 is 1.90 bits per heavy atom. The molecule has 1 fully saturated rings. The van der Waals surface area contributed by atoms with Crippen LogP contribution in [0.5, 0.6) is 0 Å². The van der Waals surface area contributed by atoms with Crippen LogP contribution in [0.4, 0.5) is 0 Å². The summed E-state index contributed by atoms with van der Waals surface area (Å²) in [5.41, 5.74) is 3.35. The maximum atomic E-state index is 12.7. The highest BCUT2D eigenvalue weighted by Gasteiger charge is 2.28. The van der Waals surface area contributed by atoms with Gasteiger partial charge in [-0.25, -0.2) is 4.79 Å². The first-order valence-corrected chi connectivity index (χ1v) is 11.1. The van der Waals surface area contributed by atoms with Crippen molar-refractivity contribution in [2.45, 2.75) is 66.0 Å². The molecule has 0 bridgehead atoms. The van der Waals surface area contributed by atoms with Crippen LogP contribution in [0.2, 0.25) is 0 Å². The van der Waals surface area contributed by atoms with Crippen LogP contribution in [0.15, 0.2) is 36.4 Å². The summed E-state index contributed by atoms with van der Waals surface area (Å²) in [5.74, 6) is 0.907. The lowest BCUT2D eigenvalue weighted by atomic mass is 9.78. The molecular formula is C25H34N2O3. The average molecular weight is 411 g/mol. The van der Waals surface area contributed by atoms with Gasteiger partial charge >= 0.3 is 5.97 Å². The predicted octanol–water partition coefficient (Wildman–Crippen LogP) is 4.97. The summed E-state index contributed by atoms with van der Waals surface area (Å²) in [7, 11) is 0. The van der Waals surface area contributed by atoms with E-state index in [-0.39, 0.29) is 17.9 Å². The number of rotatable bonds is 7. The summed E-state index contributed by atoms with van der Waals surface area (Å²) in [6, 6.07) is 12.1. The van der Waals surface area contributed by atoms with Gasteiger partial charge in [-0.3, -0.25) is 4.79 Å². The van der Waals surface area contributed by atoms with Crippen molar-refractivity contribution >= 4 is 11.9 Å². The standard InChI is InChI=1S/C25H34N2O3/c1-5-30-25(29)21-16-23(20-11-7-6-8-12-20)27(19(21)4)15-14-24(28)26-22-13-9-10-17(2)18(22)3/h6-8,11-12,16-18,22H,5,9-10,13-15H2,1-4H3,(H,26,28)/t17-,18-,22-/m1/s1. The number of amides is 1. The number of benzene rings is 1. The van der Waals surface area contributed by atoms with Crippen LogP contribution >= 0.6 is 0 Å². The van der Waals surface area contributed by atoms with E-state index in [0.717, 1.165) is 23.4 Å². The number of carbonyl (C=O) groups excluding carboxylic acids is 2. The fraction of sp³-hybridized carbons (Fsp3) is 0.520. The van der Waals surface area contributed by atoms with E-state index < -0.39 is 0 Å². The van der Waals surface area contributed by atoms with Crippen LogP contribution in [0, 0.1) is 18.8 Å². The van der Waals surface area contributed by atoms with Crippen LogP contribution in [0.1, 0.15) is 62.5 Å². The molecule has 3 atom stereocenters. The van der Waals surface area contributed by atoms with Crippen LogP contribution < -0.4 is 5.32 Å². The zero-order valence-corrected chi connectivity index (χ0v) is 18.6. The molecule has 30 heavy (non-hydrogen) atoms. The maximum absolute atomic E-state index is 12.7. The molecule has 5 nitrogen and oxygen atoms in total. The second kappa shape index (κ2) is 9.96. The Labute approximate surface area is 179 Å². The Hall–Kier alpha value is -2.56.